The van der Waals surface area contributed by atoms with E-state index in [4.69, 9.17) is 15.7 Å². The summed E-state index contributed by atoms with van der Waals surface area (Å²) in [6.07, 6.45) is 0. The first-order chi connectivity index (χ1) is 6.30. The highest BCUT2D eigenvalue weighted by Crippen LogP contribution is 2.10. The summed E-state index contributed by atoms with van der Waals surface area (Å²) in [5.41, 5.74) is 0.635. The number of anilines is 1. The van der Waals surface area contributed by atoms with Crippen molar-refractivity contribution in [2.75, 3.05) is 18.9 Å². The lowest BCUT2D eigenvalue weighted by Gasteiger charge is -2.09. The molecule has 0 amide bonds. The first-order valence-corrected chi connectivity index (χ1v) is 3.43. The molecule has 0 bridgehead atoms. The van der Waals surface area contributed by atoms with Crippen molar-refractivity contribution in [3.8, 4) is 0 Å². The molecule has 4 heteroatoms. The molecule has 0 aliphatic heterocycles. The largest absolute Gasteiger partial charge is 0.347 e. The number of nitrogens with zero attached hydrogens (tertiary/aromatic N) is 3. The van der Waals surface area contributed by atoms with Gasteiger partial charge >= 0.3 is 0 Å². The van der Waals surface area contributed by atoms with E-state index in [-0.39, 0.29) is 11.1 Å². The molecule has 3 nitrogen and oxygen atoms in total. The first kappa shape index (κ1) is 4.93. The molecule has 0 fully saturated rings. The third-order valence-corrected chi connectivity index (χ3v) is 1.30. The van der Waals surface area contributed by atoms with Crippen molar-refractivity contribution in [1.29, 1.82) is 0 Å². The molecule has 0 unspecified atom stereocenters. The van der Waals surface area contributed by atoms with Gasteiger partial charge in [-0.3, -0.25) is 0 Å². The molecular formula is C7H10ClN3. The highest BCUT2D eigenvalue weighted by molar-refractivity contribution is 6.29. The average Bonchev–Trinajstić information content (AvgIpc) is 1.99. The second-order valence-corrected chi connectivity index (χ2v) is 2.58. The van der Waals surface area contributed by atoms with Gasteiger partial charge in [0.15, 0.2) is 0 Å². The zero-order valence-electron chi connectivity index (χ0n) is 9.30. The minimum atomic E-state index is -2.25. The maximum atomic E-state index is 7.15. The van der Waals surface area contributed by atoms with Crippen LogP contribution < -0.4 is 4.90 Å². The Morgan fingerprint density at radius 3 is 2.91 bits per heavy atom. The van der Waals surface area contributed by atoms with Gasteiger partial charge in [-0.1, -0.05) is 11.6 Å². The third kappa shape index (κ3) is 2.05. The molecule has 1 rings (SSSR count). The normalized spacial score (nSPS) is 15.0. The maximum Gasteiger partial charge on any atom is 0.226 e. The van der Waals surface area contributed by atoms with Crippen molar-refractivity contribution < 1.29 is 4.11 Å². The molecule has 0 saturated heterocycles. The van der Waals surface area contributed by atoms with Crippen molar-refractivity contribution in [3.05, 3.63) is 16.9 Å². The quantitative estimate of drug-likeness (QED) is 0.605. The van der Waals surface area contributed by atoms with Crippen LogP contribution in [-0.4, -0.2) is 24.0 Å². The fourth-order valence-corrected chi connectivity index (χ4v) is 0.899. The van der Waals surface area contributed by atoms with Crippen LogP contribution in [0.25, 0.3) is 0 Å². The van der Waals surface area contributed by atoms with Crippen molar-refractivity contribution in [1.82, 2.24) is 9.97 Å². The van der Waals surface area contributed by atoms with Crippen LogP contribution in [0.4, 0.5) is 5.95 Å². The van der Waals surface area contributed by atoms with E-state index in [1.54, 1.807) is 13.0 Å². The van der Waals surface area contributed by atoms with Gasteiger partial charge in [-0.15, -0.1) is 0 Å². The number of halogens is 1. The van der Waals surface area contributed by atoms with E-state index in [1.165, 1.54) is 7.05 Å². The molecule has 0 aliphatic carbocycles. The lowest BCUT2D eigenvalue weighted by Crippen LogP contribution is -2.13. The molecule has 0 spiro atoms. The van der Waals surface area contributed by atoms with E-state index in [2.05, 4.69) is 9.97 Å². The van der Waals surface area contributed by atoms with Crippen LogP contribution in [0.1, 0.15) is 9.81 Å². The molecule has 0 atom stereocenters. The minimum absolute atomic E-state index is 0.106. The van der Waals surface area contributed by atoms with Crippen LogP contribution in [0, 0.1) is 6.92 Å². The Balaban J connectivity index is 3.07. The minimum Gasteiger partial charge on any atom is -0.347 e. The predicted molar refractivity (Wildman–Crippen MR) is 46.1 cm³/mol. The van der Waals surface area contributed by atoms with Gasteiger partial charge < -0.3 is 4.90 Å². The SMILES string of the molecule is [2H]C([2H])([2H])N(C)c1nc(C)cc(Cl)n1. The fraction of sp³-hybridized carbons (Fsp3) is 0.429. The lowest BCUT2D eigenvalue weighted by molar-refractivity contribution is 0.977. The summed E-state index contributed by atoms with van der Waals surface area (Å²) in [7, 11) is 1.40. The highest BCUT2D eigenvalue weighted by atomic mass is 35.5. The fourth-order valence-electron chi connectivity index (χ4n) is 0.665. The molecular weight excluding hydrogens is 162 g/mol. The van der Waals surface area contributed by atoms with Gasteiger partial charge in [-0.25, -0.2) is 9.97 Å². The Hall–Kier alpha value is -0.830. The molecule has 1 heterocycles. The number of aryl methyl sites for hydroxylation is 1. The number of aromatic nitrogens is 2. The number of rotatable bonds is 1. The van der Waals surface area contributed by atoms with Gasteiger partial charge in [0.25, 0.3) is 0 Å². The Bertz CT molecular complexity index is 319. The molecule has 1 aromatic heterocycles. The topological polar surface area (TPSA) is 29.0 Å². The van der Waals surface area contributed by atoms with E-state index in [1.807, 2.05) is 0 Å². The Kier molecular flexibility index (Phi) is 1.37. The van der Waals surface area contributed by atoms with Crippen molar-refractivity contribution in [2.45, 2.75) is 6.92 Å². The highest BCUT2D eigenvalue weighted by Gasteiger charge is 2.00. The van der Waals surface area contributed by atoms with Crippen LogP contribution >= 0.6 is 11.6 Å². The summed E-state index contributed by atoms with van der Waals surface area (Å²) in [6, 6.07) is 1.57. The van der Waals surface area contributed by atoms with E-state index in [0.717, 1.165) is 4.90 Å². The molecule has 0 N–H and O–H groups in total. The molecule has 11 heavy (non-hydrogen) atoms. The van der Waals surface area contributed by atoms with Crippen molar-refractivity contribution in [2.24, 2.45) is 0 Å². The molecule has 0 radical (unpaired) electrons. The van der Waals surface area contributed by atoms with Crippen LogP contribution in [0.5, 0.6) is 0 Å². The first-order valence-electron chi connectivity index (χ1n) is 4.56. The summed E-state index contributed by atoms with van der Waals surface area (Å²) in [5, 5.41) is 0.239. The lowest BCUT2D eigenvalue weighted by atomic mass is 10.4. The molecule has 1 aromatic rings. The van der Waals surface area contributed by atoms with Crippen molar-refractivity contribution >= 4 is 17.5 Å². The third-order valence-electron chi connectivity index (χ3n) is 1.11. The van der Waals surface area contributed by atoms with Crippen LogP contribution in [0.2, 0.25) is 5.15 Å². The van der Waals surface area contributed by atoms with E-state index >= 15 is 0 Å². The van der Waals surface area contributed by atoms with Crippen molar-refractivity contribution in [3.63, 3.8) is 0 Å². The summed E-state index contributed by atoms with van der Waals surface area (Å²) in [5.74, 6) is 0.106. The summed E-state index contributed by atoms with van der Waals surface area (Å²) in [4.78, 5) is 8.80. The zero-order chi connectivity index (χ0) is 10.9. The van der Waals surface area contributed by atoms with Gasteiger partial charge in [0.05, 0.1) is 0 Å². The Morgan fingerprint density at radius 2 is 2.36 bits per heavy atom. The smallest absolute Gasteiger partial charge is 0.226 e. The van der Waals surface area contributed by atoms with Gasteiger partial charge in [0.2, 0.25) is 5.95 Å². The number of hydrogen-bond acceptors (Lipinski definition) is 3. The van der Waals surface area contributed by atoms with E-state index in [9.17, 15) is 0 Å². The second-order valence-electron chi connectivity index (χ2n) is 2.19. The zero-order valence-corrected chi connectivity index (χ0v) is 7.05. The van der Waals surface area contributed by atoms with Crippen LogP contribution in [0.3, 0.4) is 0 Å². The predicted octanol–water partition coefficient (Wildman–Crippen LogP) is 1.50. The number of hydrogen-bond donors (Lipinski definition) is 0. The van der Waals surface area contributed by atoms with Gasteiger partial charge in [-0.2, -0.15) is 0 Å². The van der Waals surface area contributed by atoms with Crippen LogP contribution in [0.15, 0.2) is 6.07 Å². The molecule has 0 aliphatic rings. The molecule has 60 valence electrons. The van der Waals surface area contributed by atoms with E-state index < -0.39 is 6.98 Å². The van der Waals surface area contributed by atoms with Gasteiger partial charge in [0, 0.05) is 23.8 Å². The van der Waals surface area contributed by atoms with Crippen LogP contribution in [-0.2, 0) is 0 Å². The summed E-state index contributed by atoms with van der Waals surface area (Å²) in [6.45, 7) is -0.526. The second kappa shape index (κ2) is 3.05. The Morgan fingerprint density at radius 1 is 1.64 bits per heavy atom. The standard InChI is InChI=1S/C7H10ClN3/c1-5-4-6(8)10-7(9-5)11(2)3/h4H,1-3H3/i2D3. The summed E-state index contributed by atoms with van der Waals surface area (Å²) < 4.78 is 21.5. The average molecular weight is 175 g/mol. The maximum absolute atomic E-state index is 7.15. The monoisotopic (exact) mass is 174 g/mol. The Labute approximate surface area is 75.2 Å². The summed E-state index contributed by atoms with van der Waals surface area (Å²) >= 11 is 5.68. The molecule has 0 aromatic carbocycles. The van der Waals surface area contributed by atoms with E-state index in [0.29, 0.717) is 5.69 Å². The molecule has 0 saturated carbocycles. The van der Waals surface area contributed by atoms with Gasteiger partial charge in [-0.05, 0) is 13.0 Å². The van der Waals surface area contributed by atoms with Gasteiger partial charge in [0.1, 0.15) is 5.15 Å².